The van der Waals surface area contributed by atoms with Gasteiger partial charge in [0, 0.05) is 6.08 Å². The van der Waals surface area contributed by atoms with Crippen molar-refractivity contribution in [2.24, 2.45) is 5.11 Å². The van der Waals surface area contributed by atoms with Crippen LogP contribution in [0.4, 0.5) is 0 Å². The first kappa shape index (κ1) is 7.55. The Labute approximate surface area is 65.3 Å². The molecule has 3 nitrogen and oxygen atoms in total. The van der Waals surface area contributed by atoms with E-state index in [0.717, 1.165) is 0 Å². The van der Waals surface area contributed by atoms with E-state index >= 15 is 0 Å². The number of terminal acetylenes is 1. The van der Waals surface area contributed by atoms with Crippen LogP contribution in [0.2, 0.25) is 0 Å². The fourth-order valence-corrected chi connectivity index (χ4v) is 0.866. The molecular formula is C8H7N2O. The average Bonchev–Trinajstić information content (AvgIpc) is 2.04. The zero-order valence-corrected chi connectivity index (χ0v) is 6.11. The lowest BCUT2D eigenvalue weighted by atomic mass is 10.1. The maximum Gasteiger partial charge on any atom is 0.130 e. The van der Waals surface area contributed by atoms with Crippen LogP contribution in [0.5, 0.6) is 0 Å². The molecule has 1 heterocycles. The predicted molar refractivity (Wildman–Crippen MR) is 40.1 cm³/mol. The van der Waals surface area contributed by atoms with Gasteiger partial charge in [-0.05, 0) is 12.5 Å². The molecule has 3 heteroatoms. The summed E-state index contributed by atoms with van der Waals surface area (Å²) in [7, 11) is 0. The summed E-state index contributed by atoms with van der Waals surface area (Å²) in [5, 5.41) is 3.02. The second kappa shape index (κ2) is 3.02. The van der Waals surface area contributed by atoms with E-state index in [1.165, 1.54) is 12.3 Å². The Morgan fingerprint density at radius 3 is 3.00 bits per heavy atom. The molecule has 0 N–H and O–H groups in total. The van der Waals surface area contributed by atoms with Gasteiger partial charge >= 0.3 is 0 Å². The minimum atomic E-state index is -0.198. The highest BCUT2D eigenvalue weighted by atomic mass is 16.5. The lowest BCUT2D eigenvalue weighted by molar-refractivity contribution is 0.192. The van der Waals surface area contributed by atoms with Crippen LogP contribution in [0.25, 0.3) is 0 Å². The molecule has 0 aliphatic carbocycles. The third-order valence-corrected chi connectivity index (χ3v) is 1.45. The minimum absolute atomic E-state index is 0.198. The van der Waals surface area contributed by atoms with Crippen LogP contribution in [0.1, 0.15) is 6.92 Å². The highest BCUT2D eigenvalue weighted by Crippen LogP contribution is 2.18. The number of hydrogen-bond donors (Lipinski definition) is 0. The van der Waals surface area contributed by atoms with Crippen LogP contribution in [-0.2, 0) is 4.74 Å². The maximum atomic E-state index is 8.48. The zero-order valence-electron chi connectivity index (χ0n) is 6.11. The number of ether oxygens (including phenoxy) is 1. The fraction of sp³-hybridized carbons (Fsp3) is 0.250. The van der Waals surface area contributed by atoms with E-state index in [4.69, 9.17) is 16.7 Å². The van der Waals surface area contributed by atoms with Crippen molar-refractivity contribution in [1.29, 1.82) is 0 Å². The highest BCUT2D eigenvalue weighted by Gasteiger charge is 2.14. The third-order valence-electron chi connectivity index (χ3n) is 1.45. The predicted octanol–water partition coefficient (Wildman–Crippen LogP) is 1.06. The number of rotatable bonds is 1. The first-order valence-electron chi connectivity index (χ1n) is 3.17. The summed E-state index contributed by atoms with van der Waals surface area (Å²) in [6.45, 7) is 1.80. The van der Waals surface area contributed by atoms with Gasteiger partial charge in [0.15, 0.2) is 0 Å². The summed E-state index contributed by atoms with van der Waals surface area (Å²) >= 11 is 0. The Kier molecular flexibility index (Phi) is 2.07. The van der Waals surface area contributed by atoms with E-state index in [0.29, 0.717) is 11.3 Å². The molecule has 55 valence electrons. The van der Waals surface area contributed by atoms with E-state index in [9.17, 15) is 0 Å². The van der Waals surface area contributed by atoms with Gasteiger partial charge in [-0.1, -0.05) is 5.92 Å². The number of nitrogens with zero attached hydrogens (tertiary/aromatic N) is 2. The normalized spacial score (nSPS) is 22.4. The molecule has 1 aliphatic rings. The van der Waals surface area contributed by atoms with Crippen LogP contribution >= 0.6 is 0 Å². The third kappa shape index (κ3) is 1.30. The van der Waals surface area contributed by atoms with E-state index < -0.39 is 0 Å². The van der Waals surface area contributed by atoms with Gasteiger partial charge in [0.2, 0.25) is 0 Å². The van der Waals surface area contributed by atoms with Crippen LogP contribution in [0.3, 0.4) is 0 Å². The Bertz CT molecular complexity index is 270. The Hall–Kier alpha value is -1.56. The molecule has 0 saturated carbocycles. The maximum absolute atomic E-state index is 8.48. The van der Waals surface area contributed by atoms with Crippen molar-refractivity contribution in [3.63, 3.8) is 0 Å². The van der Waals surface area contributed by atoms with Crippen LogP contribution in [0.15, 0.2) is 28.7 Å². The molecule has 1 atom stereocenters. The minimum Gasteiger partial charge on any atom is -0.493 e. The lowest BCUT2D eigenvalue weighted by Gasteiger charge is -2.15. The molecule has 1 unspecified atom stereocenters. The molecule has 0 aromatic rings. The van der Waals surface area contributed by atoms with E-state index in [1.807, 2.05) is 0 Å². The number of allylic oxidation sites excluding steroid dienone is 1. The summed E-state index contributed by atoms with van der Waals surface area (Å²) in [5.74, 6) is 2.40. The van der Waals surface area contributed by atoms with Gasteiger partial charge in [-0.2, -0.15) is 0 Å². The van der Waals surface area contributed by atoms with Gasteiger partial charge in [0.25, 0.3) is 0 Å². The van der Waals surface area contributed by atoms with Crippen molar-refractivity contribution in [3.8, 4) is 12.3 Å². The second-order valence-corrected chi connectivity index (χ2v) is 2.12. The summed E-state index contributed by atoms with van der Waals surface area (Å²) in [6.07, 6.45) is 7.95. The van der Waals surface area contributed by atoms with E-state index in [-0.39, 0.29) is 6.10 Å². The van der Waals surface area contributed by atoms with Gasteiger partial charge in [0.1, 0.15) is 11.8 Å². The summed E-state index contributed by atoms with van der Waals surface area (Å²) < 4.78 is 5.06. The van der Waals surface area contributed by atoms with Crippen molar-refractivity contribution < 1.29 is 4.74 Å². The van der Waals surface area contributed by atoms with E-state index in [1.54, 1.807) is 6.92 Å². The highest BCUT2D eigenvalue weighted by molar-refractivity contribution is 5.40. The quantitative estimate of drug-likeness (QED) is 0.404. The van der Waals surface area contributed by atoms with Gasteiger partial charge in [-0.3, -0.25) is 0 Å². The van der Waals surface area contributed by atoms with Crippen molar-refractivity contribution in [2.75, 3.05) is 0 Å². The molecule has 1 aliphatic heterocycles. The van der Waals surface area contributed by atoms with Crippen LogP contribution < -0.4 is 5.53 Å². The Balaban J connectivity index is 3.07. The standard InChI is InChI=1S/C8H7N2O/c1-3-7-6(2)11-5-4-8(7)10-9/h1,4-6H,2H3. The average molecular weight is 147 g/mol. The topological polar surface area (TPSA) is 43.9 Å². The van der Waals surface area contributed by atoms with Gasteiger partial charge in [-0.25, -0.2) is 0 Å². The second-order valence-electron chi connectivity index (χ2n) is 2.12. The lowest BCUT2D eigenvalue weighted by Crippen LogP contribution is -2.11. The first-order valence-corrected chi connectivity index (χ1v) is 3.17. The van der Waals surface area contributed by atoms with Crippen LogP contribution in [0, 0.1) is 12.3 Å². The molecule has 0 bridgehead atoms. The monoisotopic (exact) mass is 147 g/mol. The molecule has 0 amide bonds. The summed E-state index contributed by atoms with van der Waals surface area (Å²) in [6, 6.07) is 0. The smallest absolute Gasteiger partial charge is 0.130 e. The van der Waals surface area contributed by atoms with E-state index in [2.05, 4.69) is 11.0 Å². The molecule has 0 aromatic carbocycles. The number of hydrogen-bond acceptors (Lipinski definition) is 2. The van der Waals surface area contributed by atoms with Gasteiger partial charge in [0.05, 0.1) is 11.8 Å². The molecular weight excluding hydrogens is 140 g/mol. The fourth-order valence-electron chi connectivity index (χ4n) is 0.866. The molecule has 0 saturated heterocycles. The molecule has 1 radical (unpaired) electrons. The van der Waals surface area contributed by atoms with Crippen LogP contribution in [-0.4, -0.2) is 6.10 Å². The first-order chi connectivity index (χ1) is 5.29. The molecule has 11 heavy (non-hydrogen) atoms. The van der Waals surface area contributed by atoms with Gasteiger partial charge < -0.3 is 4.74 Å². The molecule has 1 rings (SSSR count). The summed E-state index contributed by atoms with van der Waals surface area (Å²) in [5.41, 5.74) is 9.43. The largest absolute Gasteiger partial charge is 0.493 e. The van der Waals surface area contributed by atoms with Crippen molar-refractivity contribution in [3.05, 3.63) is 23.6 Å². The van der Waals surface area contributed by atoms with Crippen molar-refractivity contribution >= 4 is 0 Å². The Morgan fingerprint density at radius 2 is 2.55 bits per heavy atom. The molecule has 0 aromatic heterocycles. The summed E-state index contributed by atoms with van der Waals surface area (Å²) in [4.78, 5) is 0. The molecule has 0 spiro atoms. The SMILES string of the molecule is C#CC1=C(N=[N])C=COC1C. The Morgan fingerprint density at radius 1 is 1.82 bits per heavy atom. The zero-order chi connectivity index (χ0) is 8.27. The molecule has 0 fully saturated rings. The van der Waals surface area contributed by atoms with Crippen molar-refractivity contribution in [2.45, 2.75) is 13.0 Å². The van der Waals surface area contributed by atoms with Crippen molar-refractivity contribution in [1.82, 2.24) is 5.53 Å². The van der Waals surface area contributed by atoms with Gasteiger partial charge in [-0.15, -0.1) is 11.5 Å².